The molecule has 4 rings (SSSR count). The van der Waals surface area contributed by atoms with Crippen LogP contribution in [0.3, 0.4) is 0 Å². The van der Waals surface area contributed by atoms with Gasteiger partial charge in [-0.15, -0.1) is 11.3 Å². The monoisotopic (exact) mass is 308 g/mol. The highest BCUT2D eigenvalue weighted by atomic mass is 35.5. The van der Waals surface area contributed by atoms with Gasteiger partial charge in [-0.1, -0.05) is 11.6 Å². The lowest BCUT2D eigenvalue weighted by atomic mass is 9.99. The fourth-order valence-electron chi connectivity index (χ4n) is 2.67. The lowest BCUT2D eigenvalue weighted by Gasteiger charge is -2.15. The van der Waals surface area contributed by atoms with Crippen LogP contribution in [0.4, 0.5) is 0 Å². The third-order valence-electron chi connectivity index (χ3n) is 3.67. The van der Waals surface area contributed by atoms with Gasteiger partial charge < -0.3 is 15.2 Å². The number of hydrogen-bond donors (Lipinski definition) is 1. The Morgan fingerprint density at radius 3 is 3.10 bits per heavy atom. The van der Waals surface area contributed by atoms with E-state index in [2.05, 4.69) is 0 Å². The number of nitrogens with two attached hydrogens (primary N) is 1. The molecule has 0 radical (unpaired) electrons. The van der Waals surface area contributed by atoms with Crippen LogP contribution in [0.25, 0.3) is 10.6 Å². The van der Waals surface area contributed by atoms with Gasteiger partial charge >= 0.3 is 0 Å². The van der Waals surface area contributed by atoms with Crippen molar-refractivity contribution in [2.45, 2.75) is 25.3 Å². The summed E-state index contributed by atoms with van der Waals surface area (Å²) in [7, 11) is 0. The molecule has 0 saturated carbocycles. The Bertz CT molecular complexity index is 686. The van der Waals surface area contributed by atoms with Crippen LogP contribution in [0.15, 0.2) is 12.1 Å². The maximum Gasteiger partial charge on any atom is 0.231 e. The molecule has 1 aliphatic heterocycles. The molecule has 104 valence electrons. The minimum atomic E-state index is 0.0632. The van der Waals surface area contributed by atoms with Crippen LogP contribution in [0, 0.1) is 0 Å². The Morgan fingerprint density at radius 2 is 2.25 bits per heavy atom. The number of rotatable bonds is 1. The molecule has 2 aromatic rings. The van der Waals surface area contributed by atoms with Crippen molar-refractivity contribution in [1.82, 2.24) is 4.98 Å². The van der Waals surface area contributed by atoms with Crippen LogP contribution >= 0.6 is 22.9 Å². The highest BCUT2D eigenvalue weighted by Crippen LogP contribution is 2.44. The van der Waals surface area contributed by atoms with Crippen LogP contribution in [0.5, 0.6) is 11.5 Å². The van der Waals surface area contributed by atoms with Crippen LogP contribution in [0.1, 0.15) is 29.5 Å². The first-order valence-corrected chi connectivity index (χ1v) is 7.76. The molecule has 0 saturated heterocycles. The van der Waals surface area contributed by atoms with E-state index in [-0.39, 0.29) is 12.8 Å². The Balaban J connectivity index is 1.80. The van der Waals surface area contributed by atoms with Crippen LogP contribution in [0.2, 0.25) is 5.02 Å². The predicted molar refractivity (Wildman–Crippen MR) is 78.5 cm³/mol. The Hall–Kier alpha value is -1.30. The molecule has 1 atom stereocenters. The maximum atomic E-state index is 6.23. The van der Waals surface area contributed by atoms with Crippen molar-refractivity contribution in [1.29, 1.82) is 0 Å². The second kappa shape index (κ2) is 4.62. The maximum absolute atomic E-state index is 6.23. The van der Waals surface area contributed by atoms with Crippen molar-refractivity contribution in [2.75, 3.05) is 6.79 Å². The molecule has 2 heterocycles. The lowest BCUT2D eigenvalue weighted by molar-refractivity contribution is 0.174. The molecule has 20 heavy (non-hydrogen) atoms. The number of halogens is 1. The molecular formula is C14H13ClN2O2S. The number of aryl methyl sites for hydroxylation is 1. The second-order valence-electron chi connectivity index (χ2n) is 5.02. The molecule has 1 aromatic heterocycles. The first kappa shape index (κ1) is 12.4. The van der Waals surface area contributed by atoms with Gasteiger partial charge in [0.2, 0.25) is 6.79 Å². The third-order valence-corrected chi connectivity index (χ3v) is 5.13. The summed E-state index contributed by atoms with van der Waals surface area (Å²) in [6.45, 7) is 0.220. The molecule has 0 spiro atoms. The molecule has 0 amide bonds. The first-order chi connectivity index (χ1) is 9.72. The van der Waals surface area contributed by atoms with Gasteiger partial charge in [0.25, 0.3) is 0 Å². The van der Waals surface area contributed by atoms with E-state index in [0.717, 1.165) is 35.5 Å². The number of ether oxygens (including phenoxy) is 2. The normalized spacial score (nSPS) is 20.0. The molecule has 2 aliphatic rings. The average molecular weight is 309 g/mol. The van der Waals surface area contributed by atoms with Crippen molar-refractivity contribution >= 4 is 22.9 Å². The van der Waals surface area contributed by atoms with E-state index in [1.807, 2.05) is 12.1 Å². The number of aromatic nitrogens is 1. The summed E-state index contributed by atoms with van der Waals surface area (Å²) >= 11 is 7.93. The van der Waals surface area contributed by atoms with Gasteiger partial charge in [-0.2, -0.15) is 0 Å². The SMILES string of the molecule is NC1CCCc2sc(-c3cc(Cl)c4c(c3)OCO4)nc21. The van der Waals surface area contributed by atoms with Crippen LogP contribution in [-0.4, -0.2) is 11.8 Å². The second-order valence-corrected chi connectivity index (χ2v) is 6.51. The van der Waals surface area contributed by atoms with Crippen molar-refractivity contribution in [3.05, 3.63) is 27.7 Å². The van der Waals surface area contributed by atoms with E-state index in [4.69, 9.17) is 31.8 Å². The average Bonchev–Trinajstić information content (AvgIpc) is 3.04. The van der Waals surface area contributed by atoms with Gasteiger partial charge in [0.15, 0.2) is 11.5 Å². The zero-order valence-corrected chi connectivity index (χ0v) is 12.3. The summed E-state index contributed by atoms with van der Waals surface area (Å²) in [5.41, 5.74) is 8.14. The molecule has 1 aliphatic carbocycles. The molecule has 2 N–H and O–H groups in total. The molecule has 1 aromatic carbocycles. The highest BCUT2D eigenvalue weighted by molar-refractivity contribution is 7.15. The largest absolute Gasteiger partial charge is 0.454 e. The topological polar surface area (TPSA) is 57.4 Å². The summed E-state index contributed by atoms with van der Waals surface area (Å²) in [6, 6.07) is 3.88. The van der Waals surface area contributed by atoms with E-state index in [0.29, 0.717) is 16.5 Å². The third kappa shape index (κ3) is 1.89. The summed E-state index contributed by atoms with van der Waals surface area (Å²) in [5, 5.41) is 1.51. The van der Waals surface area contributed by atoms with Gasteiger partial charge in [-0.25, -0.2) is 4.98 Å². The van der Waals surface area contributed by atoms with E-state index < -0.39 is 0 Å². The summed E-state index contributed by atoms with van der Waals surface area (Å²) < 4.78 is 10.7. The summed E-state index contributed by atoms with van der Waals surface area (Å²) in [6.07, 6.45) is 3.22. The lowest BCUT2D eigenvalue weighted by Crippen LogP contribution is -2.16. The molecule has 1 unspecified atom stereocenters. The number of benzene rings is 1. The number of hydrogen-bond acceptors (Lipinski definition) is 5. The Labute approximate surface area is 125 Å². The van der Waals surface area contributed by atoms with E-state index in [9.17, 15) is 0 Å². The van der Waals surface area contributed by atoms with Crippen molar-refractivity contribution in [3.8, 4) is 22.1 Å². The molecule has 0 fully saturated rings. The van der Waals surface area contributed by atoms with Gasteiger partial charge in [0.1, 0.15) is 5.01 Å². The number of fused-ring (bicyclic) bond motifs is 2. The van der Waals surface area contributed by atoms with Gasteiger partial charge in [0.05, 0.1) is 10.7 Å². The van der Waals surface area contributed by atoms with E-state index in [1.54, 1.807) is 11.3 Å². The zero-order valence-electron chi connectivity index (χ0n) is 10.7. The quantitative estimate of drug-likeness (QED) is 0.875. The van der Waals surface area contributed by atoms with Crippen molar-refractivity contribution in [3.63, 3.8) is 0 Å². The Kier molecular flexibility index (Phi) is 2.87. The van der Waals surface area contributed by atoms with Crippen LogP contribution < -0.4 is 15.2 Å². The predicted octanol–water partition coefficient (Wildman–Crippen LogP) is 3.53. The summed E-state index contributed by atoms with van der Waals surface area (Å²) in [4.78, 5) is 6.01. The Morgan fingerprint density at radius 1 is 1.35 bits per heavy atom. The first-order valence-electron chi connectivity index (χ1n) is 6.57. The molecule has 6 heteroatoms. The minimum absolute atomic E-state index is 0.0632. The standard InChI is InChI=1S/C14H13ClN2O2S/c15-8-4-7(5-10-13(8)19-6-18-10)14-17-12-9(16)2-1-3-11(12)20-14/h4-5,9H,1-3,6,16H2. The van der Waals surface area contributed by atoms with E-state index >= 15 is 0 Å². The molecule has 4 nitrogen and oxygen atoms in total. The van der Waals surface area contributed by atoms with Crippen LogP contribution in [-0.2, 0) is 6.42 Å². The smallest absolute Gasteiger partial charge is 0.231 e. The fourth-order valence-corrected chi connectivity index (χ4v) is 4.09. The number of thiazole rings is 1. The zero-order chi connectivity index (χ0) is 13.7. The minimum Gasteiger partial charge on any atom is -0.454 e. The van der Waals surface area contributed by atoms with Gasteiger partial charge in [0, 0.05) is 16.5 Å². The fraction of sp³-hybridized carbons (Fsp3) is 0.357. The number of nitrogens with zero attached hydrogens (tertiary/aromatic N) is 1. The highest BCUT2D eigenvalue weighted by Gasteiger charge is 2.24. The van der Waals surface area contributed by atoms with Crippen molar-refractivity contribution in [2.24, 2.45) is 5.73 Å². The van der Waals surface area contributed by atoms with Gasteiger partial charge in [-0.3, -0.25) is 0 Å². The molecule has 0 bridgehead atoms. The molecular weight excluding hydrogens is 296 g/mol. The van der Waals surface area contributed by atoms with Gasteiger partial charge in [-0.05, 0) is 31.4 Å². The summed E-state index contributed by atoms with van der Waals surface area (Å²) in [5.74, 6) is 1.30. The van der Waals surface area contributed by atoms with E-state index in [1.165, 1.54) is 4.88 Å². The van der Waals surface area contributed by atoms with Crippen molar-refractivity contribution < 1.29 is 9.47 Å².